The SMILES string of the molecule is Cc1ccc(S(=O)(=O)n2cc(Cl)cc2C#CC(C)(C)O)cc1. The van der Waals surface area contributed by atoms with E-state index >= 15 is 0 Å². The van der Waals surface area contributed by atoms with Crippen molar-refractivity contribution in [2.24, 2.45) is 0 Å². The van der Waals surface area contributed by atoms with Crippen molar-refractivity contribution < 1.29 is 13.5 Å². The Morgan fingerprint density at radius 2 is 1.82 bits per heavy atom. The van der Waals surface area contributed by atoms with Gasteiger partial charge in [0, 0.05) is 6.20 Å². The summed E-state index contributed by atoms with van der Waals surface area (Å²) in [6.45, 7) is 4.91. The van der Waals surface area contributed by atoms with Gasteiger partial charge in [0.05, 0.1) is 9.92 Å². The van der Waals surface area contributed by atoms with Crippen molar-refractivity contribution in [3.05, 3.63) is 52.8 Å². The molecule has 0 radical (unpaired) electrons. The lowest BCUT2D eigenvalue weighted by Gasteiger charge is -2.09. The van der Waals surface area contributed by atoms with Gasteiger partial charge in [0.25, 0.3) is 10.0 Å². The third-order valence-corrected chi connectivity index (χ3v) is 4.72. The van der Waals surface area contributed by atoms with Gasteiger partial charge < -0.3 is 5.11 Å². The molecule has 0 unspecified atom stereocenters. The first-order chi connectivity index (χ1) is 10.1. The summed E-state index contributed by atoms with van der Waals surface area (Å²) in [7, 11) is -3.79. The van der Waals surface area contributed by atoms with Gasteiger partial charge in [-0.3, -0.25) is 0 Å². The van der Waals surface area contributed by atoms with Crippen molar-refractivity contribution in [2.75, 3.05) is 0 Å². The van der Waals surface area contributed by atoms with E-state index < -0.39 is 15.6 Å². The second-order valence-electron chi connectivity index (χ2n) is 5.47. The topological polar surface area (TPSA) is 59.3 Å². The van der Waals surface area contributed by atoms with Gasteiger partial charge in [0.1, 0.15) is 11.3 Å². The molecule has 22 heavy (non-hydrogen) atoms. The molecule has 0 spiro atoms. The number of hydrogen-bond acceptors (Lipinski definition) is 3. The first-order valence-electron chi connectivity index (χ1n) is 6.55. The molecule has 1 aromatic heterocycles. The van der Waals surface area contributed by atoms with Gasteiger partial charge in [-0.05, 0) is 44.9 Å². The Kier molecular flexibility index (Phi) is 4.39. The van der Waals surface area contributed by atoms with Gasteiger partial charge in [-0.2, -0.15) is 0 Å². The molecule has 1 N–H and O–H groups in total. The number of nitrogens with zero attached hydrogens (tertiary/aromatic N) is 1. The Morgan fingerprint density at radius 3 is 2.36 bits per heavy atom. The molecule has 0 saturated carbocycles. The van der Waals surface area contributed by atoms with Crippen molar-refractivity contribution in [2.45, 2.75) is 31.3 Å². The van der Waals surface area contributed by atoms with Crippen LogP contribution in [0.15, 0.2) is 41.4 Å². The molecule has 0 amide bonds. The number of rotatable bonds is 2. The molecule has 0 fully saturated rings. The maximum Gasteiger partial charge on any atom is 0.268 e. The molecular weight excluding hydrogens is 322 g/mol. The summed E-state index contributed by atoms with van der Waals surface area (Å²) in [5, 5.41) is 9.92. The predicted molar refractivity (Wildman–Crippen MR) is 86.4 cm³/mol. The average molecular weight is 338 g/mol. The van der Waals surface area contributed by atoms with E-state index in [-0.39, 0.29) is 15.6 Å². The largest absolute Gasteiger partial charge is 0.378 e. The van der Waals surface area contributed by atoms with E-state index in [0.717, 1.165) is 9.54 Å². The molecule has 1 heterocycles. The molecule has 0 aliphatic rings. The lowest BCUT2D eigenvalue weighted by atomic mass is 10.1. The summed E-state index contributed by atoms with van der Waals surface area (Å²) in [6, 6.07) is 7.96. The van der Waals surface area contributed by atoms with Crippen LogP contribution in [0, 0.1) is 18.8 Å². The van der Waals surface area contributed by atoms with Crippen LogP contribution in [0.5, 0.6) is 0 Å². The summed E-state index contributed by atoms with van der Waals surface area (Å²) in [5.41, 5.74) is -0.0610. The molecule has 0 bridgehead atoms. The molecule has 116 valence electrons. The Hall–Kier alpha value is -1.74. The van der Waals surface area contributed by atoms with E-state index in [1.165, 1.54) is 38.2 Å². The average Bonchev–Trinajstić information content (AvgIpc) is 2.78. The van der Waals surface area contributed by atoms with E-state index in [4.69, 9.17) is 11.6 Å². The fourth-order valence-electron chi connectivity index (χ4n) is 1.74. The zero-order valence-corrected chi connectivity index (χ0v) is 14.0. The summed E-state index contributed by atoms with van der Waals surface area (Å²) in [5.74, 6) is 5.25. The van der Waals surface area contributed by atoms with Gasteiger partial charge in [0.15, 0.2) is 0 Å². The van der Waals surface area contributed by atoms with Crippen LogP contribution in [0.3, 0.4) is 0 Å². The van der Waals surface area contributed by atoms with Crippen LogP contribution in [0.2, 0.25) is 5.02 Å². The van der Waals surface area contributed by atoms with Crippen LogP contribution in [-0.4, -0.2) is 23.1 Å². The maximum atomic E-state index is 12.7. The highest BCUT2D eigenvalue weighted by molar-refractivity contribution is 7.90. The second kappa shape index (κ2) is 5.81. The van der Waals surface area contributed by atoms with Crippen molar-refractivity contribution in [1.82, 2.24) is 3.97 Å². The summed E-state index contributed by atoms with van der Waals surface area (Å²) in [6.07, 6.45) is 1.30. The number of aromatic nitrogens is 1. The lowest BCUT2D eigenvalue weighted by Crippen LogP contribution is -2.16. The Labute approximate surface area is 135 Å². The molecule has 1 aromatic carbocycles. The van der Waals surface area contributed by atoms with Crippen molar-refractivity contribution in [3.63, 3.8) is 0 Å². The van der Waals surface area contributed by atoms with Crippen LogP contribution in [0.25, 0.3) is 0 Å². The number of hydrogen-bond donors (Lipinski definition) is 1. The summed E-state index contributed by atoms with van der Waals surface area (Å²) in [4.78, 5) is 0.150. The number of halogens is 1. The Bertz CT molecular complexity index is 848. The number of aryl methyl sites for hydroxylation is 1. The zero-order chi connectivity index (χ0) is 16.5. The highest BCUT2D eigenvalue weighted by Crippen LogP contribution is 2.21. The quantitative estimate of drug-likeness (QED) is 0.857. The molecule has 6 heteroatoms. The maximum absolute atomic E-state index is 12.7. The van der Waals surface area contributed by atoms with Crippen LogP contribution in [0.1, 0.15) is 25.1 Å². The predicted octanol–water partition coefficient (Wildman–Crippen LogP) is 2.81. The minimum Gasteiger partial charge on any atom is -0.378 e. The monoisotopic (exact) mass is 337 g/mol. The second-order valence-corrected chi connectivity index (χ2v) is 7.72. The molecule has 0 atom stereocenters. The van der Waals surface area contributed by atoms with Gasteiger partial charge >= 0.3 is 0 Å². The third-order valence-electron chi connectivity index (χ3n) is 2.83. The summed E-state index contributed by atoms with van der Waals surface area (Å²) >= 11 is 5.92. The molecule has 2 rings (SSSR count). The standard InChI is InChI=1S/C16H16ClNO3S/c1-12-4-6-15(7-5-12)22(20,21)18-11-13(17)10-14(18)8-9-16(2,3)19/h4-7,10-11,19H,1-3H3. The molecular formula is C16H16ClNO3S. The van der Waals surface area contributed by atoms with E-state index in [1.54, 1.807) is 12.1 Å². The first-order valence-corrected chi connectivity index (χ1v) is 8.37. The highest BCUT2D eigenvalue weighted by atomic mass is 35.5. The number of benzene rings is 1. The Morgan fingerprint density at radius 1 is 1.23 bits per heavy atom. The van der Waals surface area contributed by atoms with Crippen molar-refractivity contribution in [1.29, 1.82) is 0 Å². The smallest absolute Gasteiger partial charge is 0.268 e. The normalized spacial score (nSPS) is 11.9. The fraction of sp³-hybridized carbons (Fsp3) is 0.250. The Balaban J connectivity index is 2.56. The van der Waals surface area contributed by atoms with E-state index in [9.17, 15) is 13.5 Å². The van der Waals surface area contributed by atoms with E-state index in [2.05, 4.69) is 11.8 Å². The van der Waals surface area contributed by atoms with Crippen LogP contribution < -0.4 is 0 Å². The van der Waals surface area contributed by atoms with Crippen molar-refractivity contribution in [3.8, 4) is 11.8 Å². The van der Waals surface area contributed by atoms with Crippen LogP contribution in [0.4, 0.5) is 0 Å². The first kappa shape index (κ1) is 16.6. The molecule has 0 aliphatic heterocycles. The molecule has 0 saturated heterocycles. The minimum absolute atomic E-state index is 0.150. The minimum atomic E-state index is -3.79. The van der Waals surface area contributed by atoms with Crippen LogP contribution in [-0.2, 0) is 10.0 Å². The van der Waals surface area contributed by atoms with Gasteiger partial charge in [0.2, 0.25) is 0 Å². The van der Waals surface area contributed by atoms with Crippen molar-refractivity contribution >= 4 is 21.6 Å². The molecule has 0 aliphatic carbocycles. The molecule has 4 nitrogen and oxygen atoms in total. The van der Waals surface area contributed by atoms with E-state index in [1.807, 2.05) is 6.92 Å². The van der Waals surface area contributed by atoms with Gasteiger partial charge in [-0.25, -0.2) is 12.4 Å². The number of aliphatic hydroxyl groups is 1. The van der Waals surface area contributed by atoms with E-state index in [0.29, 0.717) is 0 Å². The summed E-state index contributed by atoms with van der Waals surface area (Å²) < 4.78 is 26.4. The fourth-order valence-corrected chi connectivity index (χ4v) is 3.32. The highest BCUT2D eigenvalue weighted by Gasteiger charge is 2.20. The van der Waals surface area contributed by atoms with Gasteiger partial charge in [-0.15, -0.1) is 0 Å². The zero-order valence-electron chi connectivity index (χ0n) is 12.5. The lowest BCUT2D eigenvalue weighted by molar-refractivity contribution is 0.143. The molecule has 2 aromatic rings. The van der Waals surface area contributed by atoms with Crippen LogP contribution >= 0.6 is 11.6 Å². The third kappa shape index (κ3) is 3.72. The van der Waals surface area contributed by atoms with Gasteiger partial charge in [-0.1, -0.05) is 35.2 Å².